The Morgan fingerprint density at radius 2 is 1.87 bits per heavy atom. The fourth-order valence-corrected chi connectivity index (χ4v) is 2.49. The summed E-state index contributed by atoms with van der Waals surface area (Å²) in [5.74, 6) is -0.368. The van der Waals surface area contributed by atoms with E-state index < -0.39 is 4.92 Å². The molecule has 1 amide bonds. The van der Waals surface area contributed by atoms with E-state index in [1.165, 1.54) is 6.07 Å². The Labute approximate surface area is 146 Å². The SMILES string of the molecule is O=C(Nc1ccc(I)cc1)c1ccc(NC2CC2)c([N+](=O)[O-])c1. The van der Waals surface area contributed by atoms with Crippen molar-refractivity contribution in [1.29, 1.82) is 0 Å². The monoisotopic (exact) mass is 423 g/mol. The zero-order chi connectivity index (χ0) is 16.4. The molecule has 2 aromatic rings. The van der Waals surface area contributed by atoms with Crippen LogP contribution in [0.1, 0.15) is 23.2 Å². The van der Waals surface area contributed by atoms with E-state index in [4.69, 9.17) is 0 Å². The van der Waals surface area contributed by atoms with Gasteiger partial charge in [-0.25, -0.2) is 0 Å². The fourth-order valence-electron chi connectivity index (χ4n) is 2.13. The second-order valence-electron chi connectivity index (χ2n) is 5.37. The molecule has 23 heavy (non-hydrogen) atoms. The number of nitrogens with zero attached hydrogens (tertiary/aromatic N) is 1. The van der Waals surface area contributed by atoms with Gasteiger partial charge in [0.1, 0.15) is 5.69 Å². The highest BCUT2D eigenvalue weighted by Crippen LogP contribution is 2.31. The van der Waals surface area contributed by atoms with Gasteiger partial charge in [0, 0.05) is 26.9 Å². The molecule has 0 atom stereocenters. The Morgan fingerprint density at radius 1 is 1.17 bits per heavy atom. The van der Waals surface area contributed by atoms with Crippen LogP contribution in [-0.4, -0.2) is 16.9 Å². The number of nitro benzene ring substituents is 1. The zero-order valence-corrected chi connectivity index (χ0v) is 14.2. The third kappa shape index (κ3) is 3.98. The number of nitrogens with one attached hydrogen (secondary N) is 2. The summed E-state index contributed by atoms with van der Waals surface area (Å²) in [6, 6.07) is 12.1. The molecule has 0 radical (unpaired) electrons. The van der Waals surface area contributed by atoms with E-state index in [2.05, 4.69) is 33.2 Å². The van der Waals surface area contributed by atoms with Crippen LogP contribution < -0.4 is 10.6 Å². The molecular formula is C16H14IN3O3. The van der Waals surface area contributed by atoms with E-state index in [0.29, 0.717) is 17.4 Å². The summed E-state index contributed by atoms with van der Waals surface area (Å²) in [5, 5.41) is 17.1. The minimum absolute atomic E-state index is 0.0767. The molecule has 2 aromatic carbocycles. The Hall–Kier alpha value is -2.16. The maximum atomic E-state index is 12.3. The van der Waals surface area contributed by atoms with Crippen molar-refractivity contribution in [2.45, 2.75) is 18.9 Å². The highest BCUT2D eigenvalue weighted by Gasteiger charge is 2.25. The molecule has 0 saturated heterocycles. The quantitative estimate of drug-likeness (QED) is 0.432. The molecule has 1 fully saturated rings. The molecule has 2 N–H and O–H groups in total. The van der Waals surface area contributed by atoms with E-state index >= 15 is 0 Å². The van der Waals surface area contributed by atoms with Gasteiger partial charge in [-0.15, -0.1) is 0 Å². The molecule has 0 aliphatic heterocycles. The van der Waals surface area contributed by atoms with Crippen molar-refractivity contribution in [3.05, 3.63) is 61.7 Å². The van der Waals surface area contributed by atoms with Crippen LogP contribution in [0.15, 0.2) is 42.5 Å². The van der Waals surface area contributed by atoms with Crippen LogP contribution in [0.25, 0.3) is 0 Å². The zero-order valence-electron chi connectivity index (χ0n) is 12.1. The van der Waals surface area contributed by atoms with Crippen LogP contribution in [0, 0.1) is 13.7 Å². The number of carbonyl (C=O) groups is 1. The van der Waals surface area contributed by atoms with Crippen LogP contribution in [-0.2, 0) is 0 Å². The third-order valence-electron chi connectivity index (χ3n) is 3.50. The predicted octanol–water partition coefficient (Wildman–Crippen LogP) is 4.03. The first-order valence-electron chi connectivity index (χ1n) is 7.15. The van der Waals surface area contributed by atoms with Crippen LogP contribution in [0.4, 0.5) is 17.1 Å². The van der Waals surface area contributed by atoms with Gasteiger partial charge in [0.25, 0.3) is 11.6 Å². The number of rotatable bonds is 5. The maximum absolute atomic E-state index is 12.3. The highest BCUT2D eigenvalue weighted by atomic mass is 127. The van der Waals surface area contributed by atoms with Gasteiger partial charge in [-0.3, -0.25) is 14.9 Å². The molecule has 0 heterocycles. The van der Waals surface area contributed by atoms with Gasteiger partial charge >= 0.3 is 0 Å². The van der Waals surface area contributed by atoms with Crippen molar-refractivity contribution in [3.8, 4) is 0 Å². The van der Waals surface area contributed by atoms with Gasteiger partial charge in [0.15, 0.2) is 0 Å². The lowest BCUT2D eigenvalue weighted by Crippen LogP contribution is -2.13. The molecule has 0 spiro atoms. The third-order valence-corrected chi connectivity index (χ3v) is 4.21. The number of nitro groups is 1. The normalized spacial score (nSPS) is 13.4. The lowest BCUT2D eigenvalue weighted by Gasteiger charge is -2.08. The van der Waals surface area contributed by atoms with Crippen molar-refractivity contribution >= 4 is 45.6 Å². The Kier molecular flexibility index (Phi) is 4.46. The standard InChI is InChI=1S/C16H14IN3O3/c17-11-2-4-13(5-3-11)19-16(21)10-1-8-14(18-12-6-7-12)15(9-10)20(22)23/h1-5,8-9,12,18H,6-7H2,(H,19,21). The second-order valence-corrected chi connectivity index (χ2v) is 6.61. The molecule has 0 bridgehead atoms. The number of carbonyl (C=O) groups excluding carboxylic acids is 1. The molecule has 0 aromatic heterocycles. The van der Waals surface area contributed by atoms with E-state index in [1.54, 1.807) is 24.3 Å². The van der Waals surface area contributed by atoms with Crippen molar-refractivity contribution in [2.75, 3.05) is 10.6 Å². The molecule has 1 aliphatic carbocycles. The largest absolute Gasteiger partial charge is 0.377 e. The maximum Gasteiger partial charge on any atom is 0.293 e. The summed E-state index contributed by atoms with van der Waals surface area (Å²) in [6.07, 6.45) is 2.04. The van der Waals surface area contributed by atoms with Gasteiger partial charge in [0.2, 0.25) is 0 Å². The van der Waals surface area contributed by atoms with Gasteiger partial charge in [-0.2, -0.15) is 0 Å². The first-order chi connectivity index (χ1) is 11.0. The molecule has 3 rings (SSSR count). The van der Waals surface area contributed by atoms with Crippen molar-refractivity contribution < 1.29 is 9.72 Å². The average molecular weight is 423 g/mol. The summed E-state index contributed by atoms with van der Waals surface area (Å²) in [7, 11) is 0. The van der Waals surface area contributed by atoms with Gasteiger partial charge in [0.05, 0.1) is 4.92 Å². The lowest BCUT2D eigenvalue weighted by atomic mass is 10.1. The summed E-state index contributed by atoms with van der Waals surface area (Å²) in [4.78, 5) is 23.0. The molecule has 118 valence electrons. The summed E-state index contributed by atoms with van der Waals surface area (Å²) in [6.45, 7) is 0. The first-order valence-corrected chi connectivity index (χ1v) is 8.23. The van der Waals surface area contributed by atoms with E-state index in [1.807, 2.05) is 12.1 Å². The smallest absolute Gasteiger partial charge is 0.293 e. The molecule has 7 heteroatoms. The van der Waals surface area contributed by atoms with Crippen LogP contribution in [0.3, 0.4) is 0 Å². The number of hydrogen-bond donors (Lipinski definition) is 2. The molecule has 1 aliphatic rings. The summed E-state index contributed by atoms with van der Waals surface area (Å²) >= 11 is 2.18. The highest BCUT2D eigenvalue weighted by molar-refractivity contribution is 14.1. The molecular weight excluding hydrogens is 409 g/mol. The minimum Gasteiger partial charge on any atom is -0.377 e. The number of anilines is 2. The minimum atomic E-state index is -0.466. The number of amides is 1. The van der Waals surface area contributed by atoms with E-state index in [9.17, 15) is 14.9 Å². The fraction of sp³-hybridized carbons (Fsp3) is 0.188. The van der Waals surface area contributed by atoms with Crippen LogP contribution in [0.5, 0.6) is 0 Å². The van der Waals surface area contributed by atoms with Gasteiger partial charge in [-0.05, 0) is 71.8 Å². The first kappa shape index (κ1) is 15.7. The summed E-state index contributed by atoms with van der Waals surface area (Å²) < 4.78 is 1.06. The van der Waals surface area contributed by atoms with E-state index in [0.717, 1.165) is 16.4 Å². The molecule has 1 saturated carbocycles. The van der Waals surface area contributed by atoms with E-state index in [-0.39, 0.29) is 17.2 Å². The number of halogens is 1. The van der Waals surface area contributed by atoms with Crippen LogP contribution >= 0.6 is 22.6 Å². The summed E-state index contributed by atoms with van der Waals surface area (Å²) in [5.41, 5.74) is 1.30. The average Bonchev–Trinajstić information content (AvgIpc) is 3.33. The van der Waals surface area contributed by atoms with Crippen LogP contribution in [0.2, 0.25) is 0 Å². The number of hydrogen-bond acceptors (Lipinski definition) is 4. The topological polar surface area (TPSA) is 84.3 Å². The second kappa shape index (κ2) is 6.53. The molecule has 6 nitrogen and oxygen atoms in total. The Bertz CT molecular complexity index is 758. The Morgan fingerprint density at radius 3 is 2.48 bits per heavy atom. The van der Waals surface area contributed by atoms with Gasteiger partial charge in [-0.1, -0.05) is 0 Å². The Balaban J connectivity index is 1.80. The van der Waals surface area contributed by atoms with Crippen molar-refractivity contribution in [2.24, 2.45) is 0 Å². The van der Waals surface area contributed by atoms with Gasteiger partial charge < -0.3 is 10.6 Å². The van der Waals surface area contributed by atoms with Crippen molar-refractivity contribution in [3.63, 3.8) is 0 Å². The number of benzene rings is 2. The molecule has 0 unspecified atom stereocenters. The van der Waals surface area contributed by atoms with Crippen molar-refractivity contribution in [1.82, 2.24) is 0 Å². The lowest BCUT2D eigenvalue weighted by molar-refractivity contribution is -0.384. The predicted molar refractivity (Wildman–Crippen MR) is 96.9 cm³/mol.